The van der Waals surface area contributed by atoms with Gasteiger partial charge < -0.3 is 33.5 Å². The number of carbonyl (C=O) groups excluding carboxylic acids is 1. The maximum absolute atomic E-state index is 16.5. The lowest BCUT2D eigenvalue weighted by atomic mass is 9.88. The average Bonchev–Trinajstić information content (AvgIpc) is 3.57. The van der Waals surface area contributed by atoms with Crippen LogP contribution in [0.5, 0.6) is 11.8 Å². The normalized spacial score (nSPS) is 20.6. The lowest BCUT2D eigenvalue weighted by Gasteiger charge is -2.29. The number of hydrogen-bond donors (Lipinski definition) is 0. The summed E-state index contributed by atoms with van der Waals surface area (Å²) in [4.78, 5) is 27.4. The summed E-state index contributed by atoms with van der Waals surface area (Å²) in [6.07, 6.45) is 13.3. The zero-order valence-electron chi connectivity index (χ0n) is 35.8. The molecular formula is C48H55FN6O6. The van der Waals surface area contributed by atoms with Crippen molar-refractivity contribution < 1.29 is 32.9 Å². The Labute approximate surface area is 356 Å². The van der Waals surface area contributed by atoms with Gasteiger partial charge in [-0.2, -0.15) is 15.1 Å². The van der Waals surface area contributed by atoms with Crippen molar-refractivity contribution in [2.24, 2.45) is 5.92 Å². The molecule has 5 heterocycles. The zero-order valence-corrected chi connectivity index (χ0v) is 35.8. The van der Waals surface area contributed by atoms with Gasteiger partial charge in [-0.15, -0.1) is 6.42 Å². The zero-order chi connectivity index (χ0) is 42.4. The Morgan fingerprint density at radius 3 is 2.54 bits per heavy atom. The molecule has 4 fully saturated rings. The van der Waals surface area contributed by atoms with Crippen molar-refractivity contribution in [2.75, 3.05) is 51.5 Å². The van der Waals surface area contributed by atoms with Crippen molar-refractivity contribution in [2.45, 2.75) is 103 Å². The smallest absolute Gasteiger partial charge is 0.410 e. The van der Waals surface area contributed by atoms with E-state index in [0.717, 1.165) is 83.5 Å². The highest BCUT2D eigenvalue weighted by atomic mass is 19.1. The number of fused-ring (bicyclic) bond motifs is 2. The van der Waals surface area contributed by atoms with E-state index in [1.54, 1.807) is 11.0 Å². The van der Waals surface area contributed by atoms with Crippen LogP contribution < -0.4 is 14.4 Å². The van der Waals surface area contributed by atoms with Gasteiger partial charge in [0.25, 0.3) is 0 Å². The number of benzene rings is 3. The van der Waals surface area contributed by atoms with Crippen LogP contribution in [0.3, 0.4) is 0 Å². The van der Waals surface area contributed by atoms with Gasteiger partial charge in [-0.1, -0.05) is 18.1 Å². The van der Waals surface area contributed by atoms with Gasteiger partial charge in [-0.3, -0.25) is 0 Å². The molecule has 9 rings (SSSR count). The molecule has 4 aliphatic rings. The summed E-state index contributed by atoms with van der Waals surface area (Å²) in [5.41, 5.74) is 5.36. The maximum Gasteiger partial charge on any atom is 0.410 e. The Hall–Kier alpha value is -5.45. The molecule has 1 saturated carbocycles. The number of carbonyl (C=O) groups is 1. The van der Waals surface area contributed by atoms with E-state index >= 15 is 4.39 Å². The van der Waals surface area contributed by atoms with E-state index in [4.69, 9.17) is 45.2 Å². The molecule has 1 aliphatic carbocycles. The van der Waals surface area contributed by atoms with Crippen molar-refractivity contribution >= 4 is 33.7 Å². The van der Waals surface area contributed by atoms with Gasteiger partial charge in [0.15, 0.2) is 12.0 Å². The van der Waals surface area contributed by atoms with Gasteiger partial charge in [0.05, 0.1) is 24.9 Å². The number of rotatable bonds is 11. The molecule has 320 valence electrons. The van der Waals surface area contributed by atoms with Crippen LogP contribution in [0.4, 0.5) is 15.0 Å². The van der Waals surface area contributed by atoms with Crippen LogP contribution >= 0.6 is 0 Å². The number of likely N-dealkylation sites (tertiary alicyclic amines) is 1. The summed E-state index contributed by atoms with van der Waals surface area (Å²) in [6.45, 7) is 11.0. The molecule has 0 spiro atoms. The predicted molar refractivity (Wildman–Crippen MR) is 232 cm³/mol. The van der Waals surface area contributed by atoms with Crippen molar-refractivity contribution in [3.05, 3.63) is 70.7 Å². The number of hydrogen-bond acceptors (Lipinski definition) is 10. The Bertz CT molecular complexity index is 2480. The first-order valence-corrected chi connectivity index (χ1v) is 21.7. The highest BCUT2D eigenvalue weighted by molar-refractivity contribution is 6.06. The summed E-state index contributed by atoms with van der Waals surface area (Å²) in [7, 11) is 2.01. The summed E-state index contributed by atoms with van der Waals surface area (Å²) in [5.74, 6) is 3.96. The third kappa shape index (κ3) is 8.45. The van der Waals surface area contributed by atoms with E-state index in [-0.39, 0.29) is 48.6 Å². The largest absolute Gasteiger partial charge is 0.486 e. The first-order valence-electron chi connectivity index (χ1n) is 21.7. The number of aromatic nitrogens is 4. The monoisotopic (exact) mass is 830 g/mol. The van der Waals surface area contributed by atoms with Crippen molar-refractivity contribution in [3.63, 3.8) is 0 Å². The molecule has 13 heteroatoms. The van der Waals surface area contributed by atoms with Gasteiger partial charge in [0.2, 0.25) is 0 Å². The van der Waals surface area contributed by atoms with Crippen LogP contribution in [-0.4, -0.2) is 88.9 Å². The second kappa shape index (κ2) is 16.8. The number of halogens is 1. The summed E-state index contributed by atoms with van der Waals surface area (Å²) < 4.78 is 49.5. The topological polar surface area (TPSA) is 113 Å². The van der Waals surface area contributed by atoms with Gasteiger partial charge in [0, 0.05) is 78.8 Å². The Morgan fingerprint density at radius 2 is 1.84 bits per heavy atom. The SMILES string of the molecule is C#Cc1ccc(COc2c(-c3c(C)c(F)cc4c3cnn4C3CCCCO3)c(C3CC3)cc3c(N(C)[C@H]4CCN(C(=O)OC(C)(C)C)C4)nc(OC[C@@H]4CCOC4)nc23)cc1. The highest BCUT2D eigenvalue weighted by Gasteiger charge is 2.37. The molecule has 3 saturated heterocycles. The van der Waals surface area contributed by atoms with E-state index in [0.29, 0.717) is 67.7 Å². The molecule has 1 unspecified atom stereocenters. The lowest BCUT2D eigenvalue weighted by molar-refractivity contribution is -0.0366. The highest BCUT2D eigenvalue weighted by Crippen LogP contribution is 2.53. The van der Waals surface area contributed by atoms with Crippen LogP contribution in [0.25, 0.3) is 32.9 Å². The van der Waals surface area contributed by atoms with Crippen molar-refractivity contribution in [1.29, 1.82) is 0 Å². The maximum atomic E-state index is 16.5. The fraction of sp³-hybridized carbons (Fsp3) is 0.500. The number of amides is 1. The molecule has 3 atom stereocenters. The third-order valence-corrected chi connectivity index (χ3v) is 12.4. The number of ether oxygens (including phenoxy) is 5. The van der Waals surface area contributed by atoms with Gasteiger partial charge in [0.1, 0.15) is 29.4 Å². The van der Waals surface area contributed by atoms with E-state index in [2.05, 4.69) is 16.9 Å². The predicted octanol–water partition coefficient (Wildman–Crippen LogP) is 9.09. The first-order chi connectivity index (χ1) is 29.5. The minimum atomic E-state index is -0.606. The fourth-order valence-electron chi connectivity index (χ4n) is 8.88. The number of anilines is 1. The van der Waals surface area contributed by atoms with Crippen LogP contribution in [0.1, 0.15) is 100 Å². The average molecular weight is 831 g/mol. The van der Waals surface area contributed by atoms with Gasteiger partial charge in [-0.05, 0) is 113 Å². The number of likely N-dealkylation sites (N-methyl/N-ethyl adjacent to an activating group) is 1. The second-order valence-corrected chi connectivity index (χ2v) is 18.0. The lowest BCUT2D eigenvalue weighted by Crippen LogP contribution is -2.39. The van der Waals surface area contributed by atoms with E-state index in [1.807, 2.05) is 69.9 Å². The van der Waals surface area contributed by atoms with Gasteiger partial charge in [-0.25, -0.2) is 13.9 Å². The molecule has 5 aromatic rings. The van der Waals surface area contributed by atoms with Crippen LogP contribution in [-0.2, 0) is 20.8 Å². The van der Waals surface area contributed by atoms with Crippen LogP contribution in [0, 0.1) is 31.0 Å². The third-order valence-electron chi connectivity index (χ3n) is 12.4. The molecule has 2 aromatic heterocycles. The molecule has 3 aromatic carbocycles. The number of terminal acetylenes is 1. The molecule has 0 bridgehead atoms. The fourth-order valence-corrected chi connectivity index (χ4v) is 8.88. The summed E-state index contributed by atoms with van der Waals surface area (Å²) in [5, 5.41) is 6.44. The van der Waals surface area contributed by atoms with Crippen molar-refractivity contribution in [3.8, 4) is 35.2 Å². The Kier molecular flexibility index (Phi) is 11.3. The second-order valence-electron chi connectivity index (χ2n) is 18.0. The number of nitrogens with zero attached hydrogens (tertiary/aromatic N) is 6. The molecule has 12 nitrogen and oxygen atoms in total. The van der Waals surface area contributed by atoms with E-state index < -0.39 is 5.60 Å². The minimum Gasteiger partial charge on any atom is -0.486 e. The van der Waals surface area contributed by atoms with Gasteiger partial charge >= 0.3 is 12.1 Å². The van der Waals surface area contributed by atoms with E-state index in [9.17, 15) is 4.79 Å². The van der Waals surface area contributed by atoms with Crippen LogP contribution in [0.2, 0.25) is 0 Å². The first kappa shape index (κ1) is 40.9. The molecule has 61 heavy (non-hydrogen) atoms. The quantitative estimate of drug-likeness (QED) is 0.120. The minimum absolute atomic E-state index is 0.0669. The van der Waals surface area contributed by atoms with Crippen LogP contribution in [0.15, 0.2) is 42.6 Å². The molecular weight excluding hydrogens is 776 g/mol. The molecule has 3 aliphatic heterocycles. The molecule has 0 N–H and O–H groups in total. The summed E-state index contributed by atoms with van der Waals surface area (Å²) >= 11 is 0. The Balaban J connectivity index is 1.24. The molecule has 0 radical (unpaired) electrons. The van der Waals surface area contributed by atoms with E-state index in [1.165, 1.54) is 0 Å². The summed E-state index contributed by atoms with van der Waals surface area (Å²) in [6, 6.07) is 11.6. The van der Waals surface area contributed by atoms with Crippen molar-refractivity contribution in [1.82, 2.24) is 24.6 Å². The Morgan fingerprint density at radius 1 is 1.02 bits per heavy atom. The standard InChI is InChI=1S/C48H55FN6O6/c1-7-30-11-13-31(14-12-30)27-59-44-42(41-29(2)38(49)23-39-37(41)24-50-55(39)40-10-8-9-20-58-40)35(33-15-16-33)22-36-43(44)51-46(60-28-32-18-21-57-26-32)52-45(36)53(6)34-17-19-54(25-34)47(56)61-48(3,4)5/h1,11-14,22-24,32-34,40H,8-10,15-21,25-28H2,2-6H3/t32-,34+,40?/m1/s1. The molecule has 1 amide bonds.